The maximum Gasteiger partial charge on any atom is 0.214 e. The fourth-order valence-corrected chi connectivity index (χ4v) is 3.38. The van der Waals surface area contributed by atoms with E-state index in [0.29, 0.717) is 25.9 Å². The van der Waals surface area contributed by atoms with Crippen LogP contribution in [0.2, 0.25) is 0 Å². The van der Waals surface area contributed by atoms with E-state index in [1.54, 1.807) is 12.1 Å². The standard InChI is InChI=1S/C11H14FNO2S/c12-11-4-2-10(3-5-11)6-8-13-7-1-9-16(13,14)15/h2-5H,1,6-9H2. The van der Waals surface area contributed by atoms with Gasteiger partial charge in [0.05, 0.1) is 5.75 Å². The van der Waals surface area contributed by atoms with Gasteiger partial charge in [0, 0.05) is 13.1 Å². The summed E-state index contributed by atoms with van der Waals surface area (Å²) in [6.45, 7) is 1.11. The number of benzene rings is 1. The zero-order valence-corrected chi connectivity index (χ0v) is 9.71. The van der Waals surface area contributed by atoms with Gasteiger partial charge in [0.2, 0.25) is 10.0 Å². The van der Waals surface area contributed by atoms with Crippen LogP contribution in [-0.2, 0) is 16.4 Å². The molecule has 0 aliphatic carbocycles. The lowest BCUT2D eigenvalue weighted by Crippen LogP contribution is -2.27. The Kier molecular flexibility index (Phi) is 3.25. The Labute approximate surface area is 94.9 Å². The van der Waals surface area contributed by atoms with Crippen LogP contribution in [0.5, 0.6) is 0 Å². The van der Waals surface area contributed by atoms with Gasteiger partial charge in [-0.1, -0.05) is 12.1 Å². The topological polar surface area (TPSA) is 37.4 Å². The van der Waals surface area contributed by atoms with Gasteiger partial charge < -0.3 is 0 Å². The SMILES string of the molecule is O=S1(=O)CCCN1CCc1ccc(F)cc1. The van der Waals surface area contributed by atoms with Gasteiger partial charge in [0.25, 0.3) is 0 Å². The van der Waals surface area contributed by atoms with Gasteiger partial charge in [0.15, 0.2) is 0 Å². The van der Waals surface area contributed by atoms with Crippen LogP contribution in [0.15, 0.2) is 24.3 Å². The first-order valence-corrected chi connectivity index (χ1v) is 6.91. The molecule has 0 bridgehead atoms. The predicted octanol–water partition coefficient (Wildman–Crippen LogP) is 1.40. The molecule has 0 saturated carbocycles. The fourth-order valence-electron chi connectivity index (χ4n) is 1.85. The molecular formula is C11H14FNO2S. The van der Waals surface area contributed by atoms with Crippen LogP contribution >= 0.6 is 0 Å². The molecule has 2 rings (SSSR count). The first kappa shape index (κ1) is 11.5. The second-order valence-electron chi connectivity index (χ2n) is 3.95. The lowest BCUT2D eigenvalue weighted by Gasteiger charge is -2.13. The molecule has 0 spiro atoms. The minimum atomic E-state index is -3.01. The van der Waals surface area contributed by atoms with Crippen molar-refractivity contribution in [3.8, 4) is 0 Å². The molecular weight excluding hydrogens is 229 g/mol. The van der Waals surface area contributed by atoms with Crippen LogP contribution in [-0.4, -0.2) is 31.6 Å². The Morgan fingerprint density at radius 2 is 1.94 bits per heavy atom. The van der Waals surface area contributed by atoms with Crippen molar-refractivity contribution in [1.82, 2.24) is 4.31 Å². The van der Waals surface area contributed by atoms with E-state index in [-0.39, 0.29) is 11.6 Å². The third kappa shape index (κ3) is 2.59. The van der Waals surface area contributed by atoms with Crippen molar-refractivity contribution in [2.24, 2.45) is 0 Å². The molecule has 0 amide bonds. The highest BCUT2D eigenvalue weighted by molar-refractivity contribution is 7.89. The summed E-state index contributed by atoms with van der Waals surface area (Å²) in [5.74, 6) is -0.00583. The minimum Gasteiger partial charge on any atom is -0.212 e. The van der Waals surface area contributed by atoms with Crippen molar-refractivity contribution in [3.63, 3.8) is 0 Å². The molecule has 0 N–H and O–H groups in total. The Bertz CT molecular complexity index is 455. The molecule has 1 saturated heterocycles. The van der Waals surface area contributed by atoms with Crippen molar-refractivity contribution in [3.05, 3.63) is 35.6 Å². The van der Waals surface area contributed by atoms with E-state index in [0.717, 1.165) is 5.56 Å². The second-order valence-corrected chi connectivity index (χ2v) is 6.03. The molecule has 0 radical (unpaired) electrons. The van der Waals surface area contributed by atoms with E-state index in [1.807, 2.05) is 0 Å². The van der Waals surface area contributed by atoms with E-state index in [4.69, 9.17) is 0 Å². The molecule has 88 valence electrons. The van der Waals surface area contributed by atoms with E-state index in [9.17, 15) is 12.8 Å². The van der Waals surface area contributed by atoms with Crippen LogP contribution in [0, 0.1) is 5.82 Å². The number of nitrogens with zero attached hydrogens (tertiary/aromatic N) is 1. The normalized spacial score (nSPS) is 20.1. The average Bonchev–Trinajstić information content (AvgIpc) is 2.57. The first-order chi connectivity index (χ1) is 7.58. The third-order valence-corrected chi connectivity index (χ3v) is 4.72. The molecule has 0 unspecified atom stereocenters. The molecule has 16 heavy (non-hydrogen) atoms. The van der Waals surface area contributed by atoms with Gasteiger partial charge in [-0.25, -0.2) is 17.1 Å². The van der Waals surface area contributed by atoms with Crippen molar-refractivity contribution in [2.45, 2.75) is 12.8 Å². The molecule has 1 fully saturated rings. The maximum atomic E-state index is 12.6. The summed E-state index contributed by atoms with van der Waals surface area (Å²) in [7, 11) is -3.01. The quantitative estimate of drug-likeness (QED) is 0.805. The van der Waals surface area contributed by atoms with Gasteiger partial charge >= 0.3 is 0 Å². The first-order valence-electron chi connectivity index (χ1n) is 5.30. The average molecular weight is 243 g/mol. The Hall–Kier alpha value is -0.940. The third-order valence-electron chi connectivity index (χ3n) is 2.77. The molecule has 0 aromatic heterocycles. The summed E-state index contributed by atoms with van der Waals surface area (Å²) in [4.78, 5) is 0. The summed E-state index contributed by atoms with van der Waals surface area (Å²) in [5, 5.41) is 0. The monoisotopic (exact) mass is 243 g/mol. The highest BCUT2D eigenvalue weighted by Gasteiger charge is 2.27. The lowest BCUT2D eigenvalue weighted by atomic mass is 10.1. The minimum absolute atomic E-state index is 0.260. The predicted molar refractivity (Wildman–Crippen MR) is 60.1 cm³/mol. The fraction of sp³-hybridized carbons (Fsp3) is 0.455. The Balaban J connectivity index is 1.95. The zero-order valence-electron chi connectivity index (χ0n) is 8.89. The molecule has 0 atom stereocenters. The van der Waals surface area contributed by atoms with Gasteiger partial charge in [-0.05, 0) is 30.5 Å². The highest BCUT2D eigenvalue weighted by atomic mass is 32.2. The van der Waals surface area contributed by atoms with E-state index >= 15 is 0 Å². The molecule has 1 aromatic carbocycles. The van der Waals surface area contributed by atoms with Crippen LogP contribution in [0.25, 0.3) is 0 Å². The van der Waals surface area contributed by atoms with Crippen molar-refractivity contribution >= 4 is 10.0 Å². The van der Waals surface area contributed by atoms with Crippen molar-refractivity contribution in [1.29, 1.82) is 0 Å². The molecule has 5 heteroatoms. The summed E-state index contributed by atoms with van der Waals surface area (Å²) in [6, 6.07) is 6.18. The Morgan fingerprint density at radius 1 is 1.25 bits per heavy atom. The van der Waals surface area contributed by atoms with Gasteiger partial charge in [0.1, 0.15) is 5.82 Å². The summed E-state index contributed by atoms with van der Waals surface area (Å²) in [5.41, 5.74) is 0.962. The van der Waals surface area contributed by atoms with Crippen LogP contribution in [0.3, 0.4) is 0 Å². The maximum absolute atomic E-state index is 12.6. The molecule has 1 aliphatic rings. The zero-order chi connectivity index (χ0) is 11.6. The lowest BCUT2D eigenvalue weighted by molar-refractivity contribution is 0.447. The van der Waals surface area contributed by atoms with E-state index in [2.05, 4.69) is 0 Å². The summed E-state index contributed by atoms with van der Waals surface area (Å²) in [6.07, 6.45) is 1.35. The van der Waals surface area contributed by atoms with Gasteiger partial charge in [-0.2, -0.15) is 0 Å². The smallest absolute Gasteiger partial charge is 0.212 e. The molecule has 1 aromatic rings. The van der Waals surface area contributed by atoms with Crippen molar-refractivity contribution in [2.75, 3.05) is 18.8 Å². The Morgan fingerprint density at radius 3 is 2.50 bits per heavy atom. The molecule has 1 aliphatic heterocycles. The number of rotatable bonds is 3. The van der Waals surface area contributed by atoms with Crippen LogP contribution in [0.4, 0.5) is 4.39 Å². The number of hydrogen-bond acceptors (Lipinski definition) is 2. The summed E-state index contributed by atoms with van der Waals surface area (Å²) < 4.78 is 37.2. The number of sulfonamides is 1. The van der Waals surface area contributed by atoms with E-state index < -0.39 is 10.0 Å². The largest absolute Gasteiger partial charge is 0.214 e. The van der Waals surface area contributed by atoms with Gasteiger partial charge in [-0.15, -0.1) is 0 Å². The summed E-state index contributed by atoms with van der Waals surface area (Å²) >= 11 is 0. The molecule has 1 heterocycles. The highest BCUT2D eigenvalue weighted by Crippen LogP contribution is 2.14. The number of hydrogen-bond donors (Lipinski definition) is 0. The van der Waals surface area contributed by atoms with E-state index in [1.165, 1.54) is 16.4 Å². The van der Waals surface area contributed by atoms with Gasteiger partial charge in [-0.3, -0.25) is 0 Å². The molecule has 3 nitrogen and oxygen atoms in total. The van der Waals surface area contributed by atoms with Crippen LogP contribution in [0.1, 0.15) is 12.0 Å². The van der Waals surface area contributed by atoms with Crippen molar-refractivity contribution < 1.29 is 12.8 Å². The number of halogens is 1. The van der Waals surface area contributed by atoms with Crippen LogP contribution < -0.4 is 0 Å². The second kappa shape index (κ2) is 4.51.